The topological polar surface area (TPSA) is 46.5 Å². The van der Waals surface area contributed by atoms with E-state index >= 15 is 0 Å². The van der Waals surface area contributed by atoms with Gasteiger partial charge in [-0.15, -0.1) is 0 Å². The van der Waals surface area contributed by atoms with E-state index in [1.165, 1.54) is 12.1 Å². The maximum atomic E-state index is 12.6. The highest BCUT2D eigenvalue weighted by atomic mass is 35.5. The maximum absolute atomic E-state index is 12.6. The lowest BCUT2D eigenvalue weighted by molar-refractivity contribution is -0.199. The van der Waals surface area contributed by atoms with E-state index in [4.69, 9.17) is 16.5 Å². The van der Waals surface area contributed by atoms with Gasteiger partial charge in [-0.3, -0.25) is 9.09 Å². The molecule has 1 N–H and O–H groups in total. The number of benzene rings is 1. The van der Waals surface area contributed by atoms with Crippen molar-refractivity contribution in [3.8, 4) is 0 Å². The zero-order valence-corrected chi connectivity index (χ0v) is 10.3. The minimum atomic E-state index is -4.78. The predicted octanol–water partition coefficient (Wildman–Crippen LogP) is 3.78. The zero-order chi connectivity index (χ0) is 13.3. The molecule has 0 fully saturated rings. The first kappa shape index (κ1) is 14.5. The second-order valence-electron chi connectivity index (χ2n) is 3.38. The van der Waals surface area contributed by atoms with Crippen molar-refractivity contribution in [3.05, 3.63) is 34.9 Å². The summed E-state index contributed by atoms with van der Waals surface area (Å²) in [5, 5.41) is 0.262. The third-order valence-electron chi connectivity index (χ3n) is 1.77. The van der Waals surface area contributed by atoms with Crippen LogP contribution in [0.1, 0.15) is 11.7 Å². The minimum Gasteiger partial charge on any atom is -0.324 e. The van der Waals surface area contributed by atoms with Crippen LogP contribution in [0, 0.1) is 0 Å². The van der Waals surface area contributed by atoms with Crippen LogP contribution in [0.25, 0.3) is 0 Å². The fraction of sp³-hybridized carbons (Fsp3) is 0.333. The second kappa shape index (κ2) is 4.98. The van der Waals surface area contributed by atoms with Crippen LogP contribution in [-0.2, 0) is 9.09 Å². The highest BCUT2D eigenvalue weighted by molar-refractivity contribution is 7.51. The summed E-state index contributed by atoms with van der Waals surface area (Å²) in [5.41, 5.74) is -0.280. The third-order valence-corrected chi connectivity index (χ3v) is 2.63. The van der Waals surface area contributed by atoms with E-state index < -0.39 is 19.9 Å². The Morgan fingerprint density at radius 3 is 2.18 bits per heavy atom. The van der Waals surface area contributed by atoms with E-state index in [1.54, 1.807) is 0 Å². The molecule has 0 heterocycles. The first-order valence-electron chi connectivity index (χ1n) is 4.40. The molecule has 1 aromatic carbocycles. The van der Waals surface area contributed by atoms with Crippen molar-refractivity contribution in [1.29, 1.82) is 0 Å². The Balaban J connectivity index is 3.07. The Hall–Kier alpha value is -0.550. The maximum Gasteiger partial charge on any atom is 0.419 e. The highest BCUT2D eigenvalue weighted by Gasteiger charge is 2.44. The number of rotatable bonds is 3. The van der Waals surface area contributed by atoms with Gasteiger partial charge in [0.2, 0.25) is 0 Å². The van der Waals surface area contributed by atoms with Gasteiger partial charge in [0, 0.05) is 11.7 Å². The number of halogens is 4. The lowest BCUT2D eigenvalue weighted by atomic mass is 10.1. The van der Waals surface area contributed by atoms with Crippen molar-refractivity contribution in [2.24, 2.45) is 0 Å². The molecule has 96 valence electrons. The van der Waals surface area contributed by atoms with Gasteiger partial charge in [-0.2, -0.15) is 13.2 Å². The summed E-state index contributed by atoms with van der Waals surface area (Å²) in [5.74, 6) is 0. The van der Waals surface area contributed by atoms with Gasteiger partial charge in [0.15, 0.2) is 6.10 Å². The zero-order valence-electron chi connectivity index (χ0n) is 8.61. The third kappa shape index (κ3) is 4.68. The summed E-state index contributed by atoms with van der Waals surface area (Å²) >= 11 is 5.54. The number of hydrogen-bond acceptors (Lipinski definition) is 2. The summed E-state index contributed by atoms with van der Waals surface area (Å²) < 4.78 is 53.0. The lowest BCUT2D eigenvalue weighted by Crippen LogP contribution is -2.22. The van der Waals surface area contributed by atoms with Gasteiger partial charge in [0.25, 0.3) is 0 Å². The lowest BCUT2D eigenvalue weighted by Gasteiger charge is -2.22. The SMILES string of the molecule is CP(=O)(O)O[C@@H](c1ccc(Cl)cc1)C(F)(F)F. The largest absolute Gasteiger partial charge is 0.419 e. The van der Waals surface area contributed by atoms with E-state index in [2.05, 4.69) is 4.52 Å². The van der Waals surface area contributed by atoms with Gasteiger partial charge in [-0.1, -0.05) is 23.7 Å². The molecule has 3 nitrogen and oxygen atoms in total. The quantitative estimate of drug-likeness (QED) is 0.861. The van der Waals surface area contributed by atoms with Crippen LogP contribution >= 0.6 is 19.2 Å². The van der Waals surface area contributed by atoms with Crippen LogP contribution in [0.5, 0.6) is 0 Å². The highest BCUT2D eigenvalue weighted by Crippen LogP contribution is 2.48. The molecular weight excluding hydrogens is 280 g/mol. The Morgan fingerprint density at radius 1 is 1.35 bits per heavy atom. The molecule has 17 heavy (non-hydrogen) atoms. The molecule has 1 unspecified atom stereocenters. The molecule has 1 rings (SSSR count). The molecule has 0 saturated heterocycles. The van der Waals surface area contributed by atoms with E-state index in [1.807, 2.05) is 0 Å². The van der Waals surface area contributed by atoms with Gasteiger partial charge in [0.1, 0.15) is 0 Å². The monoisotopic (exact) mass is 288 g/mol. The van der Waals surface area contributed by atoms with Crippen LogP contribution in [0.4, 0.5) is 13.2 Å². The molecule has 0 aliphatic rings. The summed E-state index contributed by atoms with van der Waals surface area (Å²) in [6.07, 6.45) is -7.22. The first-order chi connectivity index (χ1) is 7.59. The van der Waals surface area contributed by atoms with Crippen molar-refractivity contribution in [3.63, 3.8) is 0 Å². The van der Waals surface area contributed by atoms with Crippen molar-refractivity contribution >= 4 is 19.2 Å². The molecule has 0 radical (unpaired) electrons. The predicted molar refractivity (Wildman–Crippen MR) is 57.1 cm³/mol. The summed E-state index contributed by atoms with van der Waals surface area (Å²) in [4.78, 5) is 8.87. The van der Waals surface area contributed by atoms with Crippen LogP contribution in [0.15, 0.2) is 24.3 Å². The van der Waals surface area contributed by atoms with Crippen LogP contribution in [0.2, 0.25) is 5.02 Å². The fourth-order valence-electron chi connectivity index (χ4n) is 1.14. The van der Waals surface area contributed by atoms with Crippen molar-refractivity contribution in [2.75, 3.05) is 6.66 Å². The summed E-state index contributed by atoms with van der Waals surface area (Å²) in [6.45, 7) is 0.696. The molecular formula is C9H9ClF3O3P. The van der Waals surface area contributed by atoms with E-state index in [9.17, 15) is 17.7 Å². The molecule has 0 aromatic heterocycles. The van der Waals surface area contributed by atoms with E-state index in [-0.39, 0.29) is 10.6 Å². The molecule has 0 aliphatic heterocycles. The molecule has 0 aliphatic carbocycles. The molecule has 1 aromatic rings. The first-order valence-corrected chi connectivity index (χ1v) is 6.81. The molecule has 0 spiro atoms. The number of hydrogen-bond donors (Lipinski definition) is 1. The second-order valence-corrected chi connectivity index (χ2v) is 5.63. The van der Waals surface area contributed by atoms with Crippen LogP contribution in [0.3, 0.4) is 0 Å². The number of alkyl halides is 3. The average molecular weight is 289 g/mol. The smallest absolute Gasteiger partial charge is 0.324 e. The van der Waals surface area contributed by atoms with Gasteiger partial charge in [-0.25, -0.2) is 0 Å². The summed E-state index contributed by atoms with van der Waals surface area (Å²) in [7, 11) is -4.25. The van der Waals surface area contributed by atoms with Crippen LogP contribution in [-0.4, -0.2) is 17.7 Å². The Morgan fingerprint density at radius 2 is 1.82 bits per heavy atom. The van der Waals surface area contributed by atoms with Gasteiger partial charge < -0.3 is 4.89 Å². The Kier molecular flexibility index (Phi) is 4.25. The van der Waals surface area contributed by atoms with Crippen molar-refractivity contribution < 1.29 is 27.2 Å². The molecule has 2 atom stereocenters. The normalized spacial score (nSPS) is 17.5. The molecule has 0 bridgehead atoms. The average Bonchev–Trinajstić information content (AvgIpc) is 2.13. The van der Waals surface area contributed by atoms with E-state index in [0.29, 0.717) is 6.66 Å². The Labute approximate surface area is 101 Å². The standard InChI is InChI=1S/C9H9ClF3O3P/c1-17(14,15)16-8(9(11,12)13)6-2-4-7(10)5-3-6/h2-5,8H,1H3,(H,14,15)/t8-/m0/s1. The summed E-state index contributed by atoms with van der Waals surface area (Å²) in [6, 6.07) is 4.68. The molecule has 8 heteroatoms. The van der Waals surface area contributed by atoms with Crippen LogP contribution < -0.4 is 0 Å². The van der Waals surface area contributed by atoms with Crippen molar-refractivity contribution in [2.45, 2.75) is 12.3 Å². The van der Waals surface area contributed by atoms with Gasteiger partial charge >= 0.3 is 13.8 Å². The van der Waals surface area contributed by atoms with E-state index in [0.717, 1.165) is 12.1 Å². The fourth-order valence-corrected chi connectivity index (χ4v) is 1.90. The molecule has 0 saturated carbocycles. The minimum absolute atomic E-state index is 0.262. The van der Waals surface area contributed by atoms with Gasteiger partial charge in [-0.05, 0) is 17.7 Å². The molecule has 0 amide bonds. The van der Waals surface area contributed by atoms with Crippen molar-refractivity contribution in [1.82, 2.24) is 0 Å². The Bertz CT molecular complexity index is 426. The van der Waals surface area contributed by atoms with Gasteiger partial charge in [0.05, 0.1) is 0 Å².